The quantitative estimate of drug-likeness (QED) is 0.863. The molecule has 1 aromatic heterocycles. The van der Waals surface area contributed by atoms with Crippen LogP contribution in [0, 0.1) is 0 Å². The third kappa shape index (κ3) is 3.40. The Kier molecular flexibility index (Phi) is 4.16. The van der Waals surface area contributed by atoms with Gasteiger partial charge in [-0.15, -0.1) is 0 Å². The van der Waals surface area contributed by atoms with Crippen molar-refractivity contribution in [2.24, 2.45) is 0 Å². The molecule has 1 fully saturated rings. The van der Waals surface area contributed by atoms with E-state index in [9.17, 15) is 9.59 Å². The first-order valence-electron chi connectivity index (χ1n) is 7.15. The fraction of sp³-hybridized carbons (Fsp3) is 0.600. The Labute approximate surface area is 119 Å². The molecule has 0 spiro atoms. The lowest BCUT2D eigenvalue weighted by atomic mass is 10.1. The van der Waals surface area contributed by atoms with E-state index in [0.29, 0.717) is 18.5 Å². The summed E-state index contributed by atoms with van der Waals surface area (Å²) in [6.07, 6.45) is 6.34. The molecule has 1 unspecified atom stereocenters. The van der Waals surface area contributed by atoms with E-state index in [-0.39, 0.29) is 17.4 Å². The fourth-order valence-corrected chi connectivity index (χ4v) is 2.27. The van der Waals surface area contributed by atoms with Crippen molar-refractivity contribution in [3.63, 3.8) is 0 Å². The minimum Gasteiger partial charge on any atom is -0.354 e. The number of nitrogens with zero attached hydrogens (tertiary/aromatic N) is 1. The lowest BCUT2D eigenvalue weighted by Crippen LogP contribution is -2.45. The van der Waals surface area contributed by atoms with Gasteiger partial charge in [-0.3, -0.25) is 9.59 Å². The summed E-state index contributed by atoms with van der Waals surface area (Å²) in [6, 6.07) is 1.37. The normalized spacial score (nSPS) is 20.1. The number of carbonyl (C=O) groups excluding carboxylic acids is 2. The van der Waals surface area contributed by atoms with Gasteiger partial charge in [0.15, 0.2) is 0 Å². The van der Waals surface area contributed by atoms with Crippen LogP contribution in [0.1, 0.15) is 50.4 Å². The SMILES string of the molecule is CC(C)(C)n1ccc(C(=O)NC2CCCCNC2=O)c1. The maximum Gasteiger partial charge on any atom is 0.253 e. The van der Waals surface area contributed by atoms with Gasteiger partial charge in [0.1, 0.15) is 6.04 Å². The summed E-state index contributed by atoms with van der Waals surface area (Å²) in [7, 11) is 0. The summed E-state index contributed by atoms with van der Waals surface area (Å²) in [5.74, 6) is -0.263. The van der Waals surface area contributed by atoms with Crippen LogP contribution in [0.5, 0.6) is 0 Å². The predicted molar refractivity (Wildman–Crippen MR) is 77.5 cm³/mol. The van der Waals surface area contributed by atoms with Gasteiger partial charge >= 0.3 is 0 Å². The molecular formula is C15H23N3O2. The number of amides is 2. The van der Waals surface area contributed by atoms with Crippen LogP contribution in [-0.4, -0.2) is 29.0 Å². The van der Waals surface area contributed by atoms with E-state index in [1.807, 2.05) is 17.0 Å². The van der Waals surface area contributed by atoms with Crippen molar-refractivity contribution in [2.45, 2.75) is 51.6 Å². The molecule has 0 aliphatic carbocycles. The predicted octanol–water partition coefficient (Wildman–Crippen LogP) is 1.64. The van der Waals surface area contributed by atoms with Gasteiger partial charge in [-0.1, -0.05) is 0 Å². The van der Waals surface area contributed by atoms with E-state index in [2.05, 4.69) is 31.4 Å². The van der Waals surface area contributed by atoms with Crippen molar-refractivity contribution in [2.75, 3.05) is 6.54 Å². The molecule has 1 saturated heterocycles. The number of hydrogen-bond acceptors (Lipinski definition) is 2. The first kappa shape index (κ1) is 14.6. The van der Waals surface area contributed by atoms with Gasteiger partial charge < -0.3 is 15.2 Å². The Morgan fingerprint density at radius 2 is 2.15 bits per heavy atom. The van der Waals surface area contributed by atoms with E-state index in [4.69, 9.17) is 0 Å². The Bertz CT molecular complexity index is 499. The summed E-state index contributed by atoms with van der Waals surface area (Å²) in [5.41, 5.74) is 0.537. The lowest BCUT2D eigenvalue weighted by Gasteiger charge is -2.21. The first-order valence-corrected chi connectivity index (χ1v) is 7.15. The summed E-state index contributed by atoms with van der Waals surface area (Å²) in [4.78, 5) is 24.0. The van der Waals surface area contributed by atoms with Gasteiger partial charge in [-0.2, -0.15) is 0 Å². The minimum atomic E-state index is -0.414. The van der Waals surface area contributed by atoms with Crippen molar-refractivity contribution >= 4 is 11.8 Å². The molecule has 20 heavy (non-hydrogen) atoms. The van der Waals surface area contributed by atoms with Gasteiger partial charge in [0, 0.05) is 24.5 Å². The summed E-state index contributed by atoms with van der Waals surface area (Å²) < 4.78 is 2.00. The van der Waals surface area contributed by atoms with Crippen LogP contribution in [0.2, 0.25) is 0 Å². The first-order chi connectivity index (χ1) is 9.38. The lowest BCUT2D eigenvalue weighted by molar-refractivity contribution is -0.122. The maximum absolute atomic E-state index is 12.2. The molecule has 2 heterocycles. The van der Waals surface area contributed by atoms with E-state index in [1.165, 1.54) is 0 Å². The molecule has 0 radical (unpaired) electrons. The monoisotopic (exact) mass is 277 g/mol. The van der Waals surface area contributed by atoms with Crippen molar-refractivity contribution in [1.82, 2.24) is 15.2 Å². The number of aromatic nitrogens is 1. The zero-order chi connectivity index (χ0) is 14.8. The Morgan fingerprint density at radius 1 is 1.40 bits per heavy atom. The van der Waals surface area contributed by atoms with Crippen LogP contribution >= 0.6 is 0 Å². The molecule has 0 aromatic carbocycles. The van der Waals surface area contributed by atoms with Gasteiger partial charge in [0.2, 0.25) is 5.91 Å². The smallest absolute Gasteiger partial charge is 0.253 e. The highest BCUT2D eigenvalue weighted by atomic mass is 16.2. The van der Waals surface area contributed by atoms with Crippen LogP contribution in [-0.2, 0) is 10.3 Å². The molecule has 0 bridgehead atoms. The van der Waals surface area contributed by atoms with Crippen LogP contribution < -0.4 is 10.6 Å². The molecule has 110 valence electrons. The molecule has 1 aromatic rings. The van der Waals surface area contributed by atoms with Crippen molar-refractivity contribution in [3.05, 3.63) is 24.0 Å². The number of rotatable bonds is 2. The summed E-state index contributed by atoms with van der Waals surface area (Å²) in [6.45, 7) is 6.93. The number of hydrogen-bond donors (Lipinski definition) is 2. The molecule has 1 aliphatic rings. The summed E-state index contributed by atoms with van der Waals surface area (Å²) in [5, 5.41) is 5.65. The van der Waals surface area contributed by atoms with Crippen LogP contribution in [0.4, 0.5) is 0 Å². The average molecular weight is 277 g/mol. The van der Waals surface area contributed by atoms with Crippen molar-refractivity contribution in [3.8, 4) is 0 Å². The molecule has 2 N–H and O–H groups in total. The van der Waals surface area contributed by atoms with Crippen molar-refractivity contribution in [1.29, 1.82) is 0 Å². The van der Waals surface area contributed by atoms with E-state index in [1.54, 1.807) is 6.07 Å². The Hall–Kier alpha value is -1.78. The standard InChI is InChI=1S/C15H23N3O2/c1-15(2,3)18-9-7-11(10-18)13(19)17-12-6-4-5-8-16-14(12)20/h7,9-10,12H,4-6,8H2,1-3H3,(H,16,20)(H,17,19). The van der Waals surface area contributed by atoms with Gasteiger partial charge in [-0.25, -0.2) is 0 Å². The van der Waals surface area contributed by atoms with E-state index in [0.717, 1.165) is 12.8 Å². The van der Waals surface area contributed by atoms with Gasteiger partial charge in [-0.05, 0) is 46.1 Å². The molecule has 1 atom stereocenters. The second-order valence-corrected chi connectivity index (χ2v) is 6.29. The highest BCUT2D eigenvalue weighted by Crippen LogP contribution is 2.16. The second kappa shape index (κ2) is 5.69. The van der Waals surface area contributed by atoms with Gasteiger partial charge in [0.25, 0.3) is 5.91 Å². The topological polar surface area (TPSA) is 63.1 Å². The van der Waals surface area contributed by atoms with Crippen LogP contribution in [0.3, 0.4) is 0 Å². The highest BCUT2D eigenvalue weighted by molar-refractivity contribution is 5.97. The number of carbonyl (C=O) groups is 2. The maximum atomic E-state index is 12.2. The third-order valence-electron chi connectivity index (χ3n) is 3.57. The van der Waals surface area contributed by atoms with E-state index >= 15 is 0 Å². The molecular weight excluding hydrogens is 254 g/mol. The molecule has 2 rings (SSSR count). The molecule has 2 amide bonds. The third-order valence-corrected chi connectivity index (χ3v) is 3.57. The zero-order valence-corrected chi connectivity index (χ0v) is 12.4. The fourth-order valence-electron chi connectivity index (χ4n) is 2.27. The second-order valence-electron chi connectivity index (χ2n) is 6.29. The minimum absolute atomic E-state index is 0.0573. The van der Waals surface area contributed by atoms with Gasteiger partial charge in [0.05, 0.1) is 5.56 Å². The Morgan fingerprint density at radius 3 is 2.80 bits per heavy atom. The molecule has 1 aliphatic heterocycles. The van der Waals surface area contributed by atoms with E-state index < -0.39 is 6.04 Å². The molecule has 5 nitrogen and oxygen atoms in total. The van der Waals surface area contributed by atoms with Crippen LogP contribution in [0.25, 0.3) is 0 Å². The zero-order valence-electron chi connectivity index (χ0n) is 12.4. The largest absolute Gasteiger partial charge is 0.354 e. The molecule has 0 saturated carbocycles. The number of nitrogens with one attached hydrogen (secondary N) is 2. The summed E-state index contributed by atoms with van der Waals surface area (Å²) >= 11 is 0. The van der Waals surface area contributed by atoms with Crippen molar-refractivity contribution < 1.29 is 9.59 Å². The van der Waals surface area contributed by atoms with Crippen LogP contribution in [0.15, 0.2) is 18.5 Å². The highest BCUT2D eigenvalue weighted by Gasteiger charge is 2.23. The average Bonchev–Trinajstić information content (AvgIpc) is 2.78. The Balaban J connectivity index is 2.04. The molecule has 5 heteroatoms.